The van der Waals surface area contributed by atoms with E-state index >= 15 is 0 Å². The fraction of sp³-hybridized carbons (Fsp3) is 0.318. The number of alkyl halides is 3. The van der Waals surface area contributed by atoms with Crippen LogP contribution in [-0.2, 0) is 10.8 Å². The topological polar surface area (TPSA) is 17.3 Å². The smallest absolute Gasteiger partial charge is 0.295 e. The van der Waals surface area contributed by atoms with Crippen molar-refractivity contribution in [2.45, 2.75) is 44.7 Å². The molecule has 1 unspecified atom stereocenters. The highest BCUT2D eigenvalue weighted by Crippen LogP contribution is 2.58. The lowest BCUT2D eigenvalue weighted by Crippen LogP contribution is -2.55. The largest absolute Gasteiger partial charge is 0.400 e. The van der Waals surface area contributed by atoms with Gasteiger partial charge in [-0.1, -0.05) is 50.2 Å². The predicted molar refractivity (Wildman–Crippen MR) is 101 cm³/mol. The Morgan fingerprint density at radius 1 is 0.963 bits per heavy atom. The number of aromatic nitrogens is 2. The Balaban J connectivity index is 2.18. The molecule has 3 heterocycles. The summed E-state index contributed by atoms with van der Waals surface area (Å²) in [5, 5.41) is 2.91. The van der Waals surface area contributed by atoms with Gasteiger partial charge in [-0.05, 0) is 30.4 Å². The summed E-state index contributed by atoms with van der Waals surface area (Å²) >= 11 is 0. The molecule has 0 saturated heterocycles. The molecule has 2 nitrogen and oxygen atoms in total. The third kappa shape index (κ3) is 1.67. The van der Waals surface area contributed by atoms with Gasteiger partial charge < -0.3 is 0 Å². The molecule has 0 aliphatic carbocycles. The van der Waals surface area contributed by atoms with E-state index in [-0.39, 0.29) is 5.69 Å². The van der Waals surface area contributed by atoms with Gasteiger partial charge in [0.15, 0.2) is 0 Å². The van der Waals surface area contributed by atoms with Crippen LogP contribution >= 0.6 is 0 Å². The number of pyridine rings is 1. The number of imidazole rings is 1. The van der Waals surface area contributed by atoms with E-state index in [4.69, 9.17) is 0 Å². The van der Waals surface area contributed by atoms with Crippen LogP contribution in [0, 0.1) is 6.92 Å². The second-order valence-electron chi connectivity index (χ2n) is 8.25. The maximum Gasteiger partial charge on any atom is 0.400 e. The molecule has 0 saturated carbocycles. The van der Waals surface area contributed by atoms with E-state index in [0.717, 1.165) is 27.2 Å². The SMILES string of the molecule is Cc1ccc2c3c1c1ccccc1c1ncc(n13)C(C)(C(F)(F)F)C2(C)C. The van der Waals surface area contributed by atoms with Crippen molar-refractivity contribution in [2.75, 3.05) is 0 Å². The molecular weight excluding hydrogens is 349 g/mol. The van der Waals surface area contributed by atoms with Crippen LogP contribution in [0.1, 0.15) is 37.6 Å². The number of halogens is 3. The van der Waals surface area contributed by atoms with Gasteiger partial charge in [-0.3, -0.25) is 4.40 Å². The lowest BCUT2D eigenvalue weighted by molar-refractivity contribution is -0.205. The minimum Gasteiger partial charge on any atom is -0.295 e. The van der Waals surface area contributed by atoms with Crippen LogP contribution in [0.15, 0.2) is 42.6 Å². The Bertz CT molecular complexity index is 1260. The Hall–Kier alpha value is -2.56. The zero-order valence-electron chi connectivity index (χ0n) is 15.6. The van der Waals surface area contributed by atoms with Crippen LogP contribution in [0.25, 0.3) is 27.3 Å². The molecule has 1 atom stereocenters. The molecule has 0 fully saturated rings. The van der Waals surface area contributed by atoms with Gasteiger partial charge in [-0.15, -0.1) is 0 Å². The van der Waals surface area contributed by atoms with Gasteiger partial charge in [-0.25, -0.2) is 4.98 Å². The van der Waals surface area contributed by atoms with Crippen molar-refractivity contribution in [1.29, 1.82) is 0 Å². The number of aryl methyl sites for hydroxylation is 1. The van der Waals surface area contributed by atoms with Crippen LogP contribution in [0.3, 0.4) is 0 Å². The van der Waals surface area contributed by atoms with Crippen LogP contribution in [0.2, 0.25) is 0 Å². The average molecular weight is 368 g/mol. The fourth-order valence-electron chi connectivity index (χ4n) is 4.87. The van der Waals surface area contributed by atoms with Gasteiger partial charge in [-0.2, -0.15) is 13.2 Å². The van der Waals surface area contributed by atoms with E-state index in [1.165, 1.54) is 13.1 Å². The monoisotopic (exact) mass is 368 g/mol. The van der Waals surface area contributed by atoms with Crippen molar-refractivity contribution < 1.29 is 13.2 Å². The first-order chi connectivity index (χ1) is 12.6. The normalized spacial score (nSPS) is 21.6. The quantitative estimate of drug-likeness (QED) is 0.345. The zero-order chi connectivity index (χ0) is 19.4. The van der Waals surface area contributed by atoms with Gasteiger partial charge in [0.2, 0.25) is 0 Å². The highest BCUT2D eigenvalue weighted by Gasteiger charge is 2.64. The van der Waals surface area contributed by atoms with E-state index < -0.39 is 17.0 Å². The predicted octanol–water partition coefficient (Wildman–Crippen LogP) is 6.06. The van der Waals surface area contributed by atoms with Gasteiger partial charge in [0.1, 0.15) is 11.1 Å². The lowest BCUT2D eigenvalue weighted by Gasteiger charge is -2.48. The molecule has 1 aliphatic heterocycles. The van der Waals surface area contributed by atoms with Gasteiger partial charge in [0, 0.05) is 16.2 Å². The van der Waals surface area contributed by atoms with Gasteiger partial charge in [0.25, 0.3) is 0 Å². The zero-order valence-corrected chi connectivity index (χ0v) is 15.6. The van der Waals surface area contributed by atoms with Crippen molar-refractivity contribution in [1.82, 2.24) is 9.38 Å². The first-order valence-corrected chi connectivity index (χ1v) is 9.00. The van der Waals surface area contributed by atoms with Crippen LogP contribution in [-0.4, -0.2) is 15.6 Å². The van der Waals surface area contributed by atoms with Crippen LogP contribution in [0.5, 0.6) is 0 Å². The van der Waals surface area contributed by atoms with Crippen molar-refractivity contribution in [3.63, 3.8) is 0 Å². The molecule has 27 heavy (non-hydrogen) atoms. The van der Waals surface area contributed by atoms with E-state index in [0.29, 0.717) is 11.2 Å². The molecule has 4 aromatic rings. The van der Waals surface area contributed by atoms with Gasteiger partial charge >= 0.3 is 6.18 Å². The van der Waals surface area contributed by atoms with E-state index in [1.807, 2.05) is 43.3 Å². The molecule has 0 radical (unpaired) electrons. The first kappa shape index (κ1) is 16.6. The summed E-state index contributed by atoms with van der Waals surface area (Å²) in [7, 11) is 0. The number of hydrogen-bond donors (Lipinski definition) is 0. The highest BCUT2D eigenvalue weighted by atomic mass is 19.4. The minimum atomic E-state index is -4.41. The number of benzene rings is 2. The third-order valence-electron chi connectivity index (χ3n) is 6.81. The lowest BCUT2D eigenvalue weighted by atomic mass is 9.59. The Morgan fingerprint density at radius 2 is 1.63 bits per heavy atom. The summed E-state index contributed by atoms with van der Waals surface area (Å²) in [4.78, 5) is 4.47. The second-order valence-corrected chi connectivity index (χ2v) is 8.25. The summed E-state index contributed by atoms with van der Waals surface area (Å²) in [5.74, 6) is 0. The molecular formula is C22H19F3N2. The van der Waals surface area contributed by atoms with Crippen molar-refractivity contribution >= 4 is 27.3 Å². The molecule has 5 heteroatoms. The Labute approximate surface area is 154 Å². The maximum absolute atomic E-state index is 14.5. The van der Waals surface area contributed by atoms with Gasteiger partial charge in [0.05, 0.1) is 17.4 Å². The minimum absolute atomic E-state index is 0.212. The number of nitrogens with zero attached hydrogens (tertiary/aromatic N) is 2. The second kappa shape index (κ2) is 4.64. The summed E-state index contributed by atoms with van der Waals surface area (Å²) in [6, 6.07) is 11.6. The third-order valence-corrected chi connectivity index (χ3v) is 6.81. The molecule has 1 aliphatic rings. The molecule has 0 N–H and O–H groups in total. The molecule has 0 bridgehead atoms. The van der Waals surface area contributed by atoms with Crippen LogP contribution < -0.4 is 0 Å². The maximum atomic E-state index is 14.5. The average Bonchev–Trinajstić information content (AvgIpc) is 3.04. The Morgan fingerprint density at radius 3 is 2.30 bits per heavy atom. The first-order valence-electron chi connectivity index (χ1n) is 9.00. The summed E-state index contributed by atoms with van der Waals surface area (Å²) in [5.41, 5.74) is 0.236. The van der Waals surface area contributed by atoms with E-state index in [2.05, 4.69) is 4.98 Å². The Kier molecular flexibility index (Phi) is 2.85. The number of rotatable bonds is 0. The van der Waals surface area contributed by atoms with E-state index in [9.17, 15) is 13.2 Å². The highest BCUT2D eigenvalue weighted by molar-refractivity contribution is 6.14. The van der Waals surface area contributed by atoms with E-state index in [1.54, 1.807) is 18.2 Å². The molecule has 138 valence electrons. The van der Waals surface area contributed by atoms with Crippen molar-refractivity contribution in [3.8, 4) is 0 Å². The summed E-state index contributed by atoms with van der Waals surface area (Å²) < 4.78 is 45.1. The number of hydrogen-bond acceptors (Lipinski definition) is 1. The van der Waals surface area contributed by atoms with Crippen molar-refractivity contribution in [3.05, 3.63) is 59.4 Å². The standard InChI is InChI=1S/C22H19F3N2/c1-12-9-10-15-18-17(12)13-7-5-6-8-14(13)19-26-11-16(27(18)19)21(4,20(15,2)3)22(23,24)25/h5-11H,1-4H3. The number of fused-ring (bicyclic) bond motifs is 3. The summed E-state index contributed by atoms with van der Waals surface area (Å²) in [6.07, 6.45) is -2.99. The van der Waals surface area contributed by atoms with Crippen LogP contribution in [0.4, 0.5) is 13.2 Å². The summed E-state index contributed by atoms with van der Waals surface area (Å²) in [6.45, 7) is 6.71. The molecule has 5 rings (SSSR count). The van der Waals surface area contributed by atoms with Crippen molar-refractivity contribution in [2.24, 2.45) is 0 Å². The molecule has 2 aromatic carbocycles. The fourth-order valence-corrected chi connectivity index (χ4v) is 4.87. The molecule has 0 spiro atoms. The molecule has 0 amide bonds. The molecule has 2 aromatic heterocycles.